The number of nitrogens with one attached hydrogen (secondary N) is 1. The Bertz CT molecular complexity index is 714. The van der Waals surface area contributed by atoms with Gasteiger partial charge in [0.2, 0.25) is 0 Å². The molecule has 0 aliphatic carbocycles. The van der Waals surface area contributed by atoms with Crippen LogP contribution in [-0.2, 0) is 19.5 Å². The number of fused-ring (bicyclic) bond motifs is 1. The van der Waals surface area contributed by atoms with Gasteiger partial charge in [0, 0.05) is 25.6 Å². The molecule has 4 nitrogen and oxygen atoms in total. The summed E-state index contributed by atoms with van der Waals surface area (Å²) in [6.45, 7) is 1.69. The van der Waals surface area contributed by atoms with E-state index in [1.165, 1.54) is 10.7 Å². The van der Waals surface area contributed by atoms with Crippen LogP contribution in [0.4, 0.5) is 4.39 Å². The lowest BCUT2D eigenvalue weighted by Gasteiger charge is -2.17. The van der Waals surface area contributed by atoms with Crippen molar-refractivity contribution in [1.82, 2.24) is 15.1 Å². The molecule has 0 saturated carbocycles. The van der Waals surface area contributed by atoms with Crippen LogP contribution in [0.3, 0.4) is 0 Å². The molecule has 104 valence electrons. The Hall–Kier alpha value is -1.72. The third kappa shape index (κ3) is 2.46. The van der Waals surface area contributed by atoms with Gasteiger partial charge in [0.25, 0.3) is 5.56 Å². The second-order valence-corrected chi connectivity index (χ2v) is 5.13. The van der Waals surface area contributed by atoms with Crippen LogP contribution in [0.2, 0.25) is 5.02 Å². The highest BCUT2D eigenvalue weighted by atomic mass is 35.5. The van der Waals surface area contributed by atoms with Crippen LogP contribution >= 0.6 is 11.6 Å². The summed E-state index contributed by atoms with van der Waals surface area (Å²) >= 11 is 5.91. The van der Waals surface area contributed by atoms with Crippen molar-refractivity contribution in [2.45, 2.75) is 19.5 Å². The van der Waals surface area contributed by atoms with Gasteiger partial charge in [-0.25, -0.2) is 9.07 Å². The van der Waals surface area contributed by atoms with Crippen molar-refractivity contribution in [1.29, 1.82) is 0 Å². The summed E-state index contributed by atoms with van der Waals surface area (Å²) in [6.07, 6.45) is 0.784. The average Bonchev–Trinajstić information content (AvgIpc) is 2.44. The maximum absolute atomic E-state index is 13.4. The van der Waals surface area contributed by atoms with Crippen molar-refractivity contribution < 1.29 is 4.39 Å². The van der Waals surface area contributed by atoms with Crippen molar-refractivity contribution in [3.8, 4) is 0 Å². The number of nitrogens with zero attached hydrogens (tertiary/aromatic N) is 2. The van der Waals surface area contributed by atoms with Crippen LogP contribution in [0.25, 0.3) is 0 Å². The number of aromatic nitrogens is 2. The molecule has 1 aliphatic rings. The van der Waals surface area contributed by atoms with E-state index in [1.807, 2.05) is 0 Å². The molecule has 0 bridgehead atoms. The average molecular weight is 294 g/mol. The molecule has 20 heavy (non-hydrogen) atoms. The van der Waals surface area contributed by atoms with Crippen LogP contribution in [0.15, 0.2) is 29.1 Å². The summed E-state index contributed by atoms with van der Waals surface area (Å²) in [7, 11) is 0. The predicted molar refractivity (Wildman–Crippen MR) is 74.4 cm³/mol. The first-order chi connectivity index (χ1) is 9.65. The highest BCUT2D eigenvalue weighted by Gasteiger charge is 2.14. The normalized spacial score (nSPS) is 14.1. The van der Waals surface area contributed by atoms with Crippen LogP contribution < -0.4 is 10.9 Å². The maximum atomic E-state index is 13.4. The van der Waals surface area contributed by atoms with E-state index in [4.69, 9.17) is 11.6 Å². The first-order valence-electron chi connectivity index (χ1n) is 6.38. The molecular weight excluding hydrogens is 281 g/mol. The lowest BCUT2D eigenvalue weighted by atomic mass is 10.1. The number of rotatable bonds is 2. The molecule has 0 spiro atoms. The van der Waals surface area contributed by atoms with E-state index in [0.29, 0.717) is 12.1 Å². The van der Waals surface area contributed by atoms with Gasteiger partial charge in [-0.3, -0.25) is 4.79 Å². The van der Waals surface area contributed by atoms with E-state index >= 15 is 0 Å². The van der Waals surface area contributed by atoms with Crippen molar-refractivity contribution in [2.24, 2.45) is 0 Å². The molecule has 2 aromatic rings. The molecule has 1 aliphatic heterocycles. The first kappa shape index (κ1) is 13.3. The zero-order chi connectivity index (χ0) is 14.1. The van der Waals surface area contributed by atoms with Crippen LogP contribution in [-0.4, -0.2) is 16.3 Å². The monoisotopic (exact) mass is 293 g/mol. The zero-order valence-corrected chi connectivity index (χ0v) is 11.5. The Labute approximate surface area is 120 Å². The third-order valence-corrected chi connectivity index (χ3v) is 3.79. The Morgan fingerprint density at radius 3 is 3.15 bits per heavy atom. The van der Waals surface area contributed by atoms with Gasteiger partial charge < -0.3 is 5.32 Å². The Morgan fingerprint density at radius 2 is 2.30 bits per heavy atom. The summed E-state index contributed by atoms with van der Waals surface area (Å²) in [5.74, 6) is -0.487. The van der Waals surface area contributed by atoms with E-state index in [2.05, 4.69) is 10.4 Å². The second kappa shape index (κ2) is 5.34. The van der Waals surface area contributed by atoms with Gasteiger partial charge in [-0.2, -0.15) is 5.10 Å². The molecule has 1 aromatic heterocycles. The zero-order valence-electron chi connectivity index (χ0n) is 10.7. The van der Waals surface area contributed by atoms with E-state index in [0.717, 1.165) is 24.2 Å². The highest BCUT2D eigenvalue weighted by molar-refractivity contribution is 6.31. The van der Waals surface area contributed by atoms with Crippen molar-refractivity contribution >= 4 is 11.6 Å². The molecule has 0 fully saturated rings. The Morgan fingerprint density at radius 1 is 1.45 bits per heavy atom. The minimum absolute atomic E-state index is 0.0422. The van der Waals surface area contributed by atoms with Crippen molar-refractivity contribution in [3.63, 3.8) is 0 Å². The van der Waals surface area contributed by atoms with E-state index < -0.39 is 5.82 Å². The van der Waals surface area contributed by atoms with Gasteiger partial charge >= 0.3 is 0 Å². The molecule has 0 saturated heterocycles. The van der Waals surface area contributed by atoms with Crippen LogP contribution in [0.1, 0.15) is 16.8 Å². The van der Waals surface area contributed by atoms with Crippen molar-refractivity contribution in [2.75, 3.05) is 6.54 Å². The largest absolute Gasteiger partial charge is 0.312 e. The lowest BCUT2D eigenvalue weighted by molar-refractivity contribution is 0.560. The van der Waals surface area contributed by atoms with Gasteiger partial charge in [-0.05, 0) is 17.2 Å². The summed E-state index contributed by atoms with van der Waals surface area (Å²) in [6, 6.07) is 6.15. The number of halogens is 2. The molecule has 0 radical (unpaired) electrons. The quantitative estimate of drug-likeness (QED) is 0.917. The summed E-state index contributed by atoms with van der Waals surface area (Å²) in [4.78, 5) is 12.0. The van der Waals surface area contributed by atoms with Crippen LogP contribution in [0, 0.1) is 5.82 Å². The van der Waals surface area contributed by atoms with Gasteiger partial charge in [0.1, 0.15) is 5.82 Å². The van der Waals surface area contributed by atoms with Gasteiger partial charge in [-0.1, -0.05) is 23.7 Å². The minimum Gasteiger partial charge on any atom is -0.312 e. The maximum Gasteiger partial charge on any atom is 0.267 e. The van der Waals surface area contributed by atoms with E-state index in [9.17, 15) is 9.18 Å². The number of hydrogen-bond donors (Lipinski definition) is 1. The van der Waals surface area contributed by atoms with Crippen LogP contribution in [0.5, 0.6) is 0 Å². The van der Waals surface area contributed by atoms with Gasteiger partial charge in [0.15, 0.2) is 0 Å². The molecule has 0 unspecified atom stereocenters. The molecule has 1 aromatic carbocycles. The van der Waals surface area contributed by atoms with Crippen molar-refractivity contribution in [3.05, 3.63) is 62.3 Å². The molecular formula is C14H13ClFN3O. The minimum atomic E-state index is -0.487. The fraction of sp³-hybridized carbons (Fsp3) is 0.286. The number of benzene rings is 1. The summed E-state index contributed by atoms with van der Waals surface area (Å²) < 4.78 is 14.7. The van der Waals surface area contributed by atoms with E-state index in [-0.39, 0.29) is 17.1 Å². The third-order valence-electron chi connectivity index (χ3n) is 3.37. The highest BCUT2D eigenvalue weighted by Crippen LogP contribution is 2.20. The Balaban J connectivity index is 1.98. The lowest BCUT2D eigenvalue weighted by Crippen LogP contribution is -2.31. The smallest absolute Gasteiger partial charge is 0.267 e. The fourth-order valence-electron chi connectivity index (χ4n) is 2.30. The van der Waals surface area contributed by atoms with E-state index in [1.54, 1.807) is 18.2 Å². The fourth-order valence-corrected chi connectivity index (χ4v) is 2.49. The predicted octanol–water partition coefficient (Wildman–Crippen LogP) is 1.73. The first-order valence-corrected chi connectivity index (χ1v) is 6.76. The SMILES string of the molecule is O=c1cc2c(nn1Cc1cccc(F)c1Cl)CCNC2. The van der Waals surface area contributed by atoms with Gasteiger partial charge in [-0.15, -0.1) is 0 Å². The molecule has 6 heteroatoms. The summed E-state index contributed by atoms with van der Waals surface area (Å²) in [5.41, 5.74) is 2.20. The molecule has 1 N–H and O–H groups in total. The summed E-state index contributed by atoms with van der Waals surface area (Å²) in [5, 5.41) is 7.60. The molecule has 0 amide bonds. The molecule has 0 atom stereocenters. The standard InChI is InChI=1S/C14H13ClFN3O/c15-14-9(2-1-3-11(14)16)8-19-13(20)6-10-7-17-5-4-12(10)18-19/h1-3,6,17H,4-5,7-8H2. The molecule has 3 rings (SSSR count). The number of hydrogen-bond acceptors (Lipinski definition) is 3. The van der Waals surface area contributed by atoms with Gasteiger partial charge in [0.05, 0.1) is 17.3 Å². The second-order valence-electron chi connectivity index (χ2n) is 4.75. The Kier molecular flexibility index (Phi) is 3.54. The topological polar surface area (TPSA) is 46.9 Å². The molecule has 2 heterocycles.